The Morgan fingerprint density at radius 1 is 0.781 bits per heavy atom. The van der Waals surface area contributed by atoms with Gasteiger partial charge in [0.05, 0.1) is 0 Å². The van der Waals surface area contributed by atoms with Crippen LogP contribution in [0.5, 0.6) is 0 Å². The van der Waals surface area contributed by atoms with Gasteiger partial charge in [0.15, 0.2) is 0 Å². The summed E-state index contributed by atoms with van der Waals surface area (Å²) in [6, 6.07) is 13.6. The lowest BCUT2D eigenvalue weighted by atomic mass is 10.2. The summed E-state index contributed by atoms with van der Waals surface area (Å²) in [7, 11) is 0. The Labute approximate surface area is 189 Å². The molecule has 0 aliphatic heterocycles. The Morgan fingerprint density at radius 2 is 1.19 bits per heavy atom. The molecule has 0 atom stereocenters. The number of H-pyrrole nitrogens is 2. The molecule has 0 aliphatic carbocycles. The van der Waals surface area contributed by atoms with Crippen LogP contribution in [0.25, 0.3) is 11.4 Å². The number of benzene rings is 2. The lowest BCUT2D eigenvalue weighted by molar-refractivity contribution is -0.671. The largest absolute Gasteiger partial charge is 0.437 e. The molecule has 12 heteroatoms. The summed E-state index contributed by atoms with van der Waals surface area (Å²) in [5.41, 5.74) is 0.572. The van der Waals surface area contributed by atoms with Gasteiger partial charge in [0.25, 0.3) is 0 Å². The second-order valence-electron chi connectivity index (χ2n) is 6.66. The van der Waals surface area contributed by atoms with E-state index in [9.17, 15) is 9.59 Å². The zero-order valence-electron chi connectivity index (χ0n) is 16.8. The average molecular weight is 475 g/mol. The second-order valence-corrected chi connectivity index (χ2v) is 7.53. The fraction of sp³-hybridized carbons (Fsp3) is 0.100. The zero-order chi connectivity index (χ0) is 22.8. The standard InChI is InChI=1S/C20H15Cl2N6O4/c1-11(17-19(29)31-25-27(17)15-7-3-5-13(21)9-15)23-24-12(2)18-20(30)32-26-28(18)16-8-4-6-14(22)10-16/h3-10,25H,1-2H3/q+1/p+1. The summed E-state index contributed by atoms with van der Waals surface area (Å²) in [6.07, 6.45) is 0. The second kappa shape index (κ2) is 8.77. The van der Waals surface area contributed by atoms with Gasteiger partial charge in [0.1, 0.15) is 11.4 Å². The topological polar surface area (TPSA) is 124 Å². The van der Waals surface area contributed by atoms with E-state index in [0.717, 1.165) is 0 Å². The highest BCUT2D eigenvalue weighted by atomic mass is 35.5. The molecule has 2 N–H and O–H groups in total. The van der Waals surface area contributed by atoms with Crippen molar-refractivity contribution in [3.05, 3.63) is 90.8 Å². The van der Waals surface area contributed by atoms with Gasteiger partial charge in [-0.2, -0.15) is 0 Å². The lowest BCUT2D eigenvalue weighted by Gasteiger charge is -1.95. The van der Waals surface area contributed by atoms with Gasteiger partial charge in [-0.15, -0.1) is 10.2 Å². The fourth-order valence-electron chi connectivity index (χ4n) is 3.00. The minimum atomic E-state index is -0.644. The van der Waals surface area contributed by atoms with Crippen molar-refractivity contribution < 1.29 is 18.4 Å². The molecular formula is C20H16Cl2N6O4+2. The first kappa shape index (κ1) is 21.5. The van der Waals surface area contributed by atoms with Gasteiger partial charge < -0.3 is 0 Å². The Morgan fingerprint density at radius 3 is 1.56 bits per heavy atom. The van der Waals surface area contributed by atoms with Crippen LogP contribution in [0, 0.1) is 0 Å². The first-order chi connectivity index (χ1) is 15.3. The molecular weight excluding hydrogens is 459 g/mol. The maximum Gasteiger partial charge on any atom is 0.437 e. The Bertz CT molecular complexity index is 1370. The van der Waals surface area contributed by atoms with E-state index < -0.39 is 11.3 Å². The monoisotopic (exact) mass is 474 g/mol. The van der Waals surface area contributed by atoms with Gasteiger partial charge in [-0.1, -0.05) is 35.3 Å². The summed E-state index contributed by atoms with van der Waals surface area (Å²) in [4.78, 5) is 24.5. The molecule has 2 aromatic carbocycles. The average Bonchev–Trinajstić information content (AvgIpc) is 3.34. The van der Waals surface area contributed by atoms with Crippen molar-refractivity contribution in [2.75, 3.05) is 0 Å². The lowest BCUT2D eigenvalue weighted by Crippen LogP contribution is -2.41. The predicted octanol–water partition coefficient (Wildman–Crippen LogP) is 2.34. The minimum absolute atomic E-state index is 0.118. The van der Waals surface area contributed by atoms with Crippen molar-refractivity contribution >= 4 is 34.6 Å². The van der Waals surface area contributed by atoms with Crippen molar-refractivity contribution in [3.63, 3.8) is 0 Å². The molecule has 32 heavy (non-hydrogen) atoms. The summed E-state index contributed by atoms with van der Waals surface area (Å²) in [6.45, 7) is 3.17. The van der Waals surface area contributed by atoms with E-state index in [0.29, 0.717) is 21.4 Å². The number of nitrogens with one attached hydrogen (secondary N) is 2. The van der Waals surface area contributed by atoms with Crippen LogP contribution in [-0.2, 0) is 0 Å². The van der Waals surface area contributed by atoms with Crippen molar-refractivity contribution in [1.82, 2.24) is 10.5 Å². The number of nitrogens with zero attached hydrogens (tertiary/aromatic N) is 4. The summed E-state index contributed by atoms with van der Waals surface area (Å²) in [5.74, 6) is 0. The van der Waals surface area contributed by atoms with Gasteiger partial charge in [0, 0.05) is 34.3 Å². The van der Waals surface area contributed by atoms with E-state index >= 15 is 0 Å². The van der Waals surface area contributed by atoms with Crippen molar-refractivity contribution in [2.24, 2.45) is 10.2 Å². The van der Waals surface area contributed by atoms with Crippen molar-refractivity contribution in [3.8, 4) is 11.4 Å². The van der Waals surface area contributed by atoms with Gasteiger partial charge in [-0.3, -0.25) is 9.05 Å². The molecule has 0 unspecified atom stereocenters. The van der Waals surface area contributed by atoms with Crippen LogP contribution in [0.15, 0.2) is 77.4 Å². The third-order valence-corrected chi connectivity index (χ3v) is 4.93. The molecule has 2 heterocycles. The zero-order valence-corrected chi connectivity index (χ0v) is 18.3. The number of aromatic nitrogens is 4. The van der Waals surface area contributed by atoms with E-state index in [1.807, 2.05) is 0 Å². The molecule has 0 saturated heterocycles. The van der Waals surface area contributed by atoms with Crippen LogP contribution >= 0.6 is 23.2 Å². The van der Waals surface area contributed by atoms with E-state index in [4.69, 9.17) is 32.2 Å². The molecule has 10 nitrogen and oxygen atoms in total. The Balaban J connectivity index is 1.74. The first-order valence-corrected chi connectivity index (χ1v) is 9.99. The first-order valence-electron chi connectivity index (χ1n) is 9.23. The van der Waals surface area contributed by atoms with Gasteiger partial charge in [0.2, 0.25) is 11.4 Å². The predicted molar refractivity (Wildman–Crippen MR) is 116 cm³/mol. The number of hydrogen-bond donors (Lipinski definition) is 2. The quantitative estimate of drug-likeness (QED) is 0.261. The summed E-state index contributed by atoms with van der Waals surface area (Å²) in [5, 5.41) is 14.2. The molecule has 4 aromatic rings. The molecule has 0 aliphatic rings. The maximum atomic E-state index is 12.3. The van der Waals surface area contributed by atoms with Crippen LogP contribution in [0.3, 0.4) is 0 Å². The van der Waals surface area contributed by atoms with E-state index in [1.54, 1.807) is 62.4 Å². The molecule has 0 bridgehead atoms. The summed E-state index contributed by atoms with van der Waals surface area (Å²) >= 11 is 12.1. The van der Waals surface area contributed by atoms with Crippen LogP contribution < -0.4 is 20.6 Å². The van der Waals surface area contributed by atoms with Crippen molar-refractivity contribution in [2.45, 2.75) is 13.8 Å². The van der Waals surface area contributed by atoms with Crippen LogP contribution in [0.4, 0.5) is 0 Å². The van der Waals surface area contributed by atoms with E-state index in [1.165, 1.54) is 9.36 Å². The SMILES string of the molecule is C/C(=N\N=C(/C)c1c(=O)o[nH][n+]1-c1cccc(Cl)c1)c1c(=O)o[nH][n+]1-c1cccc(Cl)c1. The van der Waals surface area contributed by atoms with Gasteiger partial charge in [-0.25, -0.2) is 9.59 Å². The molecule has 162 valence electrons. The molecule has 0 saturated carbocycles. The van der Waals surface area contributed by atoms with Crippen LogP contribution in [-0.4, -0.2) is 22.0 Å². The Hall–Kier alpha value is -3.76. The van der Waals surface area contributed by atoms with Gasteiger partial charge in [-0.05, 0) is 45.9 Å². The normalized spacial score (nSPS) is 12.4. The minimum Gasteiger partial charge on any atom is -0.282 e. The summed E-state index contributed by atoms with van der Waals surface area (Å²) < 4.78 is 12.6. The number of rotatable bonds is 5. The van der Waals surface area contributed by atoms with Crippen LogP contribution in [0.1, 0.15) is 25.2 Å². The number of halogens is 2. The third-order valence-electron chi connectivity index (χ3n) is 4.46. The Kier molecular flexibility index (Phi) is 5.89. The van der Waals surface area contributed by atoms with Gasteiger partial charge >= 0.3 is 22.6 Å². The smallest absolute Gasteiger partial charge is 0.282 e. The highest BCUT2D eigenvalue weighted by Crippen LogP contribution is 2.11. The van der Waals surface area contributed by atoms with E-state index in [-0.39, 0.29) is 22.8 Å². The highest BCUT2D eigenvalue weighted by Gasteiger charge is 2.28. The third kappa shape index (κ3) is 4.18. The number of hydrogen-bond acceptors (Lipinski definition) is 6. The van der Waals surface area contributed by atoms with Crippen molar-refractivity contribution in [1.29, 1.82) is 0 Å². The molecule has 0 spiro atoms. The molecule has 4 rings (SSSR count). The molecule has 0 amide bonds. The fourth-order valence-corrected chi connectivity index (χ4v) is 3.37. The molecule has 0 fully saturated rings. The molecule has 0 radical (unpaired) electrons. The highest BCUT2D eigenvalue weighted by molar-refractivity contribution is 6.31. The van der Waals surface area contributed by atoms with Crippen LogP contribution in [0.2, 0.25) is 10.0 Å². The number of aromatic amines is 2. The maximum absolute atomic E-state index is 12.3. The van der Waals surface area contributed by atoms with E-state index in [2.05, 4.69) is 20.7 Å². The molecule has 2 aromatic heterocycles.